The Hall–Kier alpha value is -2.00. The summed E-state index contributed by atoms with van der Waals surface area (Å²) >= 11 is 0. The molecule has 2 rings (SSSR count). The summed E-state index contributed by atoms with van der Waals surface area (Å²) in [4.78, 5) is 0. The molecular weight excluding hydrogens is 262 g/mol. The third-order valence-corrected chi connectivity index (χ3v) is 3.54. The summed E-state index contributed by atoms with van der Waals surface area (Å²) < 4.78 is 11.6. The van der Waals surface area contributed by atoms with Crippen molar-refractivity contribution in [3.8, 4) is 17.2 Å². The quantitative estimate of drug-likeness (QED) is 0.884. The first-order valence-electron chi connectivity index (χ1n) is 7.15. The Labute approximate surface area is 126 Å². The van der Waals surface area contributed by atoms with Crippen LogP contribution in [-0.4, -0.2) is 14.2 Å². The van der Waals surface area contributed by atoms with E-state index in [-0.39, 0.29) is 6.04 Å². The predicted molar refractivity (Wildman–Crippen MR) is 86.5 cm³/mol. The smallest absolute Gasteiger partial charge is 0.135 e. The normalized spacial score (nSPS) is 12.0. The zero-order valence-corrected chi connectivity index (χ0v) is 13.4. The van der Waals surface area contributed by atoms with Crippen molar-refractivity contribution in [1.29, 1.82) is 0 Å². The number of aryl methyl sites for hydroxylation is 2. The van der Waals surface area contributed by atoms with Gasteiger partial charge in [0.25, 0.3) is 0 Å². The Bertz CT molecular complexity index is 602. The topological polar surface area (TPSA) is 30.5 Å². The van der Waals surface area contributed by atoms with Crippen LogP contribution in [0.4, 0.5) is 0 Å². The first-order valence-corrected chi connectivity index (χ1v) is 7.15. The van der Waals surface area contributed by atoms with Gasteiger partial charge in [0.2, 0.25) is 0 Å². The highest BCUT2D eigenvalue weighted by Gasteiger charge is 2.16. The molecule has 3 heteroatoms. The van der Waals surface area contributed by atoms with Crippen molar-refractivity contribution in [2.75, 3.05) is 14.2 Å². The molecule has 2 aromatic rings. The van der Waals surface area contributed by atoms with Crippen LogP contribution in [0.1, 0.15) is 29.7 Å². The molecule has 0 aliphatic heterocycles. The maximum Gasteiger partial charge on any atom is 0.135 e. The Morgan fingerprint density at radius 3 is 2.19 bits per heavy atom. The summed E-state index contributed by atoms with van der Waals surface area (Å²) in [5.74, 6) is 2.50. The van der Waals surface area contributed by atoms with E-state index in [2.05, 4.69) is 32.2 Å². The fourth-order valence-electron chi connectivity index (χ4n) is 2.48. The zero-order valence-electron chi connectivity index (χ0n) is 13.4. The van der Waals surface area contributed by atoms with Crippen LogP contribution in [0.25, 0.3) is 0 Å². The molecule has 0 aromatic heterocycles. The molecule has 1 N–H and O–H groups in total. The number of nitrogens with one attached hydrogen (secondary N) is 1. The van der Waals surface area contributed by atoms with Gasteiger partial charge in [0.05, 0.1) is 12.7 Å². The minimum atomic E-state index is 0.141. The van der Waals surface area contributed by atoms with Gasteiger partial charge in [-0.05, 0) is 63.2 Å². The highest BCUT2D eigenvalue weighted by atomic mass is 16.5. The van der Waals surface area contributed by atoms with Crippen LogP contribution in [0.15, 0.2) is 36.4 Å². The van der Waals surface area contributed by atoms with Crippen LogP contribution < -0.4 is 14.8 Å². The van der Waals surface area contributed by atoms with Gasteiger partial charge in [0, 0.05) is 6.04 Å². The van der Waals surface area contributed by atoms with Crippen molar-refractivity contribution < 1.29 is 9.47 Å². The molecule has 0 aliphatic rings. The van der Waals surface area contributed by atoms with E-state index >= 15 is 0 Å². The Morgan fingerprint density at radius 1 is 1.00 bits per heavy atom. The van der Waals surface area contributed by atoms with Gasteiger partial charge < -0.3 is 14.8 Å². The molecule has 0 spiro atoms. The first-order chi connectivity index (χ1) is 10.0. The van der Waals surface area contributed by atoms with Crippen molar-refractivity contribution in [2.45, 2.75) is 26.8 Å². The first kappa shape index (κ1) is 15.4. The van der Waals surface area contributed by atoms with Crippen LogP contribution >= 0.6 is 0 Å². The van der Waals surface area contributed by atoms with E-state index in [1.165, 1.54) is 11.1 Å². The average molecular weight is 285 g/mol. The lowest BCUT2D eigenvalue weighted by atomic mass is 10.1. The second-order valence-electron chi connectivity index (χ2n) is 5.31. The lowest BCUT2D eigenvalue weighted by Gasteiger charge is -2.19. The van der Waals surface area contributed by atoms with Crippen molar-refractivity contribution in [3.05, 3.63) is 53.1 Å². The van der Waals surface area contributed by atoms with Crippen LogP contribution in [0.5, 0.6) is 17.2 Å². The average Bonchev–Trinajstić information content (AvgIpc) is 2.45. The summed E-state index contributed by atoms with van der Waals surface area (Å²) in [6.07, 6.45) is 0. The molecule has 0 bridgehead atoms. The van der Waals surface area contributed by atoms with E-state index in [0.717, 1.165) is 22.8 Å². The van der Waals surface area contributed by atoms with E-state index in [0.29, 0.717) is 0 Å². The molecule has 3 nitrogen and oxygen atoms in total. The standard InChI is InChI=1S/C18H23NO2/c1-12-9-13(2)11-15(10-12)21-17-8-6-7-16(20-5)18(17)14(3)19-4/h6-11,14,19H,1-5H3. The third kappa shape index (κ3) is 3.56. The van der Waals surface area contributed by atoms with Gasteiger partial charge in [-0.3, -0.25) is 0 Å². The molecule has 2 aromatic carbocycles. The van der Waals surface area contributed by atoms with Gasteiger partial charge in [-0.1, -0.05) is 12.1 Å². The third-order valence-electron chi connectivity index (χ3n) is 3.54. The van der Waals surface area contributed by atoms with Crippen molar-refractivity contribution in [3.63, 3.8) is 0 Å². The molecule has 1 atom stereocenters. The minimum Gasteiger partial charge on any atom is -0.496 e. The number of rotatable bonds is 5. The second kappa shape index (κ2) is 6.64. The van der Waals surface area contributed by atoms with E-state index < -0.39 is 0 Å². The molecular formula is C18H23NO2. The monoisotopic (exact) mass is 285 g/mol. The summed E-state index contributed by atoms with van der Waals surface area (Å²) in [6.45, 7) is 6.23. The fraction of sp³-hybridized carbons (Fsp3) is 0.333. The van der Waals surface area contributed by atoms with Crippen molar-refractivity contribution in [1.82, 2.24) is 5.32 Å². The minimum absolute atomic E-state index is 0.141. The summed E-state index contributed by atoms with van der Waals surface area (Å²) in [5.41, 5.74) is 3.41. The molecule has 0 radical (unpaired) electrons. The fourth-order valence-corrected chi connectivity index (χ4v) is 2.48. The summed E-state index contributed by atoms with van der Waals surface area (Å²) in [5, 5.41) is 3.24. The van der Waals surface area contributed by atoms with Crippen LogP contribution in [-0.2, 0) is 0 Å². The number of benzene rings is 2. The zero-order chi connectivity index (χ0) is 15.4. The lowest BCUT2D eigenvalue weighted by Crippen LogP contribution is -2.14. The van der Waals surface area contributed by atoms with Crippen molar-refractivity contribution >= 4 is 0 Å². The molecule has 1 unspecified atom stereocenters. The summed E-state index contributed by atoms with van der Waals surface area (Å²) in [6, 6.07) is 12.2. The Balaban J connectivity index is 2.43. The van der Waals surface area contributed by atoms with E-state index in [1.807, 2.05) is 37.4 Å². The van der Waals surface area contributed by atoms with Crippen LogP contribution in [0, 0.1) is 13.8 Å². The SMILES string of the molecule is CNC(C)c1c(OC)cccc1Oc1cc(C)cc(C)c1. The lowest BCUT2D eigenvalue weighted by molar-refractivity contribution is 0.393. The Morgan fingerprint density at radius 2 is 1.62 bits per heavy atom. The summed E-state index contributed by atoms with van der Waals surface area (Å²) in [7, 11) is 3.61. The molecule has 21 heavy (non-hydrogen) atoms. The van der Waals surface area contributed by atoms with E-state index in [4.69, 9.17) is 9.47 Å². The molecule has 0 aliphatic carbocycles. The molecule has 0 heterocycles. The number of ether oxygens (including phenoxy) is 2. The largest absolute Gasteiger partial charge is 0.496 e. The van der Waals surface area contributed by atoms with Crippen molar-refractivity contribution in [2.24, 2.45) is 0 Å². The van der Waals surface area contributed by atoms with Gasteiger partial charge in [-0.2, -0.15) is 0 Å². The van der Waals surface area contributed by atoms with Gasteiger partial charge in [0.1, 0.15) is 17.2 Å². The van der Waals surface area contributed by atoms with Gasteiger partial charge in [0.15, 0.2) is 0 Å². The molecule has 112 valence electrons. The second-order valence-corrected chi connectivity index (χ2v) is 5.31. The molecule has 0 fully saturated rings. The molecule has 0 saturated carbocycles. The van der Waals surface area contributed by atoms with Crippen LogP contribution in [0.3, 0.4) is 0 Å². The van der Waals surface area contributed by atoms with Gasteiger partial charge in [-0.25, -0.2) is 0 Å². The van der Waals surface area contributed by atoms with E-state index in [1.54, 1.807) is 7.11 Å². The molecule has 0 amide bonds. The Kier molecular flexibility index (Phi) is 4.86. The number of hydrogen-bond donors (Lipinski definition) is 1. The number of methoxy groups -OCH3 is 1. The molecule has 0 saturated heterocycles. The predicted octanol–water partition coefficient (Wildman–Crippen LogP) is 4.38. The highest BCUT2D eigenvalue weighted by molar-refractivity contribution is 5.49. The van der Waals surface area contributed by atoms with Gasteiger partial charge in [-0.15, -0.1) is 0 Å². The maximum absolute atomic E-state index is 6.12. The maximum atomic E-state index is 6.12. The number of hydrogen-bond acceptors (Lipinski definition) is 3. The highest BCUT2D eigenvalue weighted by Crippen LogP contribution is 2.36. The van der Waals surface area contributed by atoms with Crippen LogP contribution in [0.2, 0.25) is 0 Å². The van der Waals surface area contributed by atoms with E-state index in [9.17, 15) is 0 Å². The van der Waals surface area contributed by atoms with Gasteiger partial charge >= 0.3 is 0 Å².